The van der Waals surface area contributed by atoms with Gasteiger partial charge in [-0.2, -0.15) is 10.2 Å². The van der Waals surface area contributed by atoms with E-state index in [1.807, 2.05) is 0 Å². The molecule has 1 aromatic rings. The predicted molar refractivity (Wildman–Crippen MR) is 41.7 cm³/mol. The molecule has 0 radical (unpaired) electrons. The van der Waals surface area contributed by atoms with Crippen molar-refractivity contribution in [3.8, 4) is 17.7 Å². The molecular formula is C7H4F3N3O2. The van der Waals surface area contributed by atoms with Crippen LogP contribution in [0.3, 0.4) is 0 Å². The maximum absolute atomic E-state index is 11.8. The summed E-state index contributed by atoms with van der Waals surface area (Å²) >= 11 is 0. The van der Waals surface area contributed by atoms with Gasteiger partial charge in [-0.25, -0.2) is 0 Å². The van der Waals surface area contributed by atoms with E-state index in [4.69, 9.17) is 16.1 Å². The lowest BCUT2D eigenvalue weighted by atomic mass is 10.3. The zero-order valence-electron chi connectivity index (χ0n) is 7.04. The lowest BCUT2D eigenvalue weighted by molar-refractivity contribution is -0.275. The molecule has 15 heavy (non-hydrogen) atoms. The van der Waals surface area contributed by atoms with E-state index in [9.17, 15) is 13.2 Å². The standard InChI is InChI=1S/C7H4F3N3O2/c8-7(9,10)15-6-3(12)1-5(14)4(2-11)13-6/h1,14H,12H2. The number of halogens is 3. The van der Waals surface area contributed by atoms with Gasteiger partial charge in [0.15, 0.2) is 11.4 Å². The van der Waals surface area contributed by atoms with Crippen molar-refractivity contribution in [3.05, 3.63) is 11.8 Å². The van der Waals surface area contributed by atoms with Gasteiger partial charge in [-0.3, -0.25) is 0 Å². The van der Waals surface area contributed by atoms with Gasteiger partial charge in [0.1, 0.15) is 6.07 Å². The first kappa shape index (κ1) is 10.9. The Morgan fingerprint density at radius 3 is 2.60 bits per heavy atom. The van der Waals surface area contributed by atoms with Crippen molar-refractivity contribution >= 4 is 5.69 Å². The van der Waals surface area contributed by atoms with Crippen LogP contribution in [0.15, 0.2) is 6.07 Å². The minimum Gasteiger partial charge on any atom is -0.505 e. The van der Waals surface area contributed by atoms with E-state index in [-0.39, 0.29) is 0 Å². The monoisotopic (exact) mass is 219 g/mol. The zero-order chi connectivity index (χ0) is 11.6. The van der Waals surface area contributed by atoms with Crippen molar-refractivity contribution in [2.45, 2.75) is 6.36 Å². The van der Waals surface area contributed by atoms with Crippen LogP contribution in [0, 0.1) is 11.3 Å². The Kier molecular flexibility index (Phi) is 2.57. The number of ether oxygens (including phenoxy) is 1. The summed E-state index contributed by atoms with van der Waals surface area (Å²) in [5.74, 6) is -1.57. The second kappa shape index (κ2) is 3.53. The largest absolute Gasteiger partial charge is 0.574 e. The molecule has 0 spiro atoms. The molecule has 0 aliphatic rings. The van der Waals surface area contributed by atoms with Crippen LogP contribution in [-0.2, 0) is 0 Å². The van der Waals surface area contributed by atoms with Crippen molar-refractivity contribution in [3.63, 3.8) is 0 Å². The fourth-order valence-corrected chi connectivity index (χ4v) is 0.774. The van der Waals surface area contributed by atoms with Gasteiger partial charge in [-0.15, -0.1) is 13.2 Å². The van der Waals surface area contributed by atoms with E-state index >= 15 is 0 Å². The summed E-state index contributed by atoms with van der Waals surface area (Å²) in [5.41, 5.74) is 3.99. The lowest BCUT2D eigenvalue weighted by Gasteiger charge is -2.10. The third-order valence-corrected chi connectivity index (χ3v) is 1.31. The maximum atomic E-state index is 11.8. The van der Waals surface area contributed by atoms with Gasteiger partial charge in [0.05, 0.1) is 5.69 Å². The zero-order valence-corrected chi connectivity index (χ0v) is 7.04. The summed E-state index contributed by atoms with van der Waals surface area (Å²) in [5, 5.41) is 17.4. The van der Waals surface area contributed by atoms with Crippen molar-refractivity contribution in [2.75, 3.05) is 5.73 Å². The van der Waals surface area contributed by atoms with E-state index in [0.29, 0.717) is 0 Å². The number of nitrogens with zero attached hydrogens (tertiary/aromatic N) is 2. The average molecular weight is 219 g/mol. The molecule has 0 saturated heterocycles. The molecule has 1 aromatic heterocycles. The highest BCUT2D eigenvalue weighted by Gasteiger charge is 2.33. The first-order valence-corrected chi connectivity index (χ1v) is 3.49. The Bertz CT molecular complexity index is 425. The minimum absolute atomic E-state index is 0.510. The Morgan fingerprint density at radius 2 is 2.13 bits per heavy atom. The first-order valence-electron chi connectivity index (χ1n) is 3.49. The molecule has 0 atom stereocenters. The van der Waals surface area contributed by atoms with Gasteiger partial charge in [0.2, 0.25) is 5.88 Å². The SMILES string of the molecule is N#Cc1nc(OC(F)(F)F)c(N)cc1O. The third kappa shape index (κ3) is 2.63. The number of hydrogen-bond acceptors (Lipinski definition) is 5. The van der Waals surface area contributed by atoms with E-state index in [2.05, 4.69) is 9.72 Å². The number of aromatic hydroxyl groups is 1. The molecule has 0 aromatic carbocycles. The second-order valence-electron chi connectivity index (χ2n) is 2.41. The second-order valence-corrected chi connectivity index (χ2v) is 2.41. The highest BCUT2D eigenvalue weighted by atomic mass is 19.4. The topological polar surface area (TPSA) is 92.2 Å². The molecule has 0 saturated carbocycles. The number of rotatable bonds is 1. The van der Waals surface area contributed by atoms with Gasteiger partial charge in [-0.1, -0.05) is 0 Å². The highest BCUT2D eigenvalue weighted by molar-refractivity contribution is 5.55. The number of anilines is 1. The smallest absolute Gasteiger partial charge is 0.505 e. The summed E-state index contributed by atoms with van der Waals surface area (Å²) in [6.07, 6.45) is -4.95. The Morgan fingerprint density at radius 1 is 1.53 bits per heavy atom. The van der Waals surface area contributed by atoms with Crippen molar-refractivity contribution in [1.29, 1.82) is 5.26 Å². The molecule has 0 aliphatic heterocycles. The summed E-state index contributed by atoms with van der Waals surface area (Å²) in [6, 6.07) is 2.14. The Balaban J connectivity index is 3.15. The number of pyridine rings is 1. The molecule has 0 amide bonds. The Labute approximate surface area is 81.5 Å². The number of nitriles is 1. The van der Waals surface area contributed by atoms with E-state index in [1.54, 1.807) is 0 Å². The minimum atomic E-state index is -4.95. The number of nitrogens with two attached hydrogens (primary N) is 1. The van der Waals surface area contributed by atoms with E-state index < -0.39 is 29.4 Å². The summed E-state index contributed by atoms with van der Waals surface area (Å²) in [6.45, 7) is 0. The van der Waals surface area contributed by atoms with Crippen LogP contribution in [0.2, 0.25) is 0 Å². The first-order chi connectivity index (χ1) is 6.83. The maximum Gasteiger partial charge on any atom is 0.574 e. The highest BCUT2D eigenvalue weighted by Crippen LogP contribution is 2.30. The van der Waals surface area contributed by atoms with Crippen molar-refractivity contribution in [2.24, 2.45) is 0 Å². The van der Waals surface area contributed by atoms with Crippen LogP contribution in [0.25, 0.3) is 0 Å². The molecular weight excluding hydrogens is 215 g/mol. The summed E-state index contributed by atoms with van der Waals surface area (Å²) in [4.78, 5) is 3.10. The fraction of sp³-hybridized carbons (Fsp3) is 0.143. The van der Waals surface area contributed by atoms with Crippen LogP contribution in [0.5, 0.6) is 11.6 Å². The average Bonchev–Trinajstić information content (AvgIpc) is 2.07. The van der Waals surface area contributed by atoms with Crippen molar-refractivity contribution < 1.29 is 23.0 Å². The fourth-order valence-electron chi connectivity index (χ4n) is 0.774. The van der Waals surface area contributed by atoms with Gasteiger partial charge in [0.25, 0.3) is 0 Å². The van der Waals surface area contributed by atoms with Crippen LogP contribution >= 0.6 is 0 Å². The van der Waals surface area contributed by atoms with Gasteiger partial charge >= 0.3 is 6.36 Å². The lowest BCUT2D eigenvalue weighted by Crippen LogP contribution is -2.19. The molecule has 0 unspecified atom stereocenters. The van der Waals surface area contributed by atoms with E-state index in [0.717, 1.165) is 6.07 Å². The number of nitrogen functional groups attached to an aromatic ring is 1. The molecule has 80 valence electrons. The summed E-state index contributed by atoms with van der Waals surface area (Å²) < 4.78 is 38.8. The third-order valence-electron chi connectivity index (χ3n) is 1.31. The number of aromatic nitrogens is 1. The molecule has 0 fully saturated rings. The van der Waals surface area contributed by atoms with Crippen LogP contribution in [0.1, 0.15) is 5.69 Å². The molecule has 3 N–H and O–H groups in total. The molecule has 0 bridgehead atoms. The van der Waals surface area contributed by atoms with Gasteiger partial charge in [0, 0.05) is 6.07 Å². The normalized spacial score (nSPS) is 10.8. The van der Waals surface area contributed by atoms with Gasteiger partial charge < -0.3 is 15.6 Å². The predicted octanol–water partition coefficient (Wildman–Crippen LogP) is 1.14. The van der Waals surface area contributed by atoms with Crippen LogP contribution in [-0.4, -0.2) is 16.5 Å². The quantitative estimate of drug-likeness (QED) is 0.738. The molecule has 1 rings (SSSR count). The molecule has 0 aliphatic carbocycles. The van der Waals surface area contributed by atoms with Crippen molar-refractivity contribution in [1.82, 2.24) is 4.98 Å². The molecule has 5 nitrogen and oxygen atoms in total. The Hall–Kier alpha value is -2.17. The molecule has 8 heteroatoms. The van der Waals surface area contributed by atoms with Crippen LogP contribution < -0.4 is 10.5 Å². The van der Waals surface area contributed by atoms with E-state index in [1.165, 1.54) is 6.07 Å². The molecule has 1 heterocycles. The number of alkyl halides is 3. The van der Waals surface area contributed by atoms with Crippen LogP contribution in [0.4, 0.5) is 18.9 Å². The number of hydrogen-bond donors (Lipinski definition) is 2. The summed E-state index contributed by atoms with van der Waals surface area (Å²) in [7, 11) is 0. The van der Waals surface area contributed by atoms with Gasteiger partial charge in [-0.05, 0) is 0 Å².